The number of hydrogen-bond donors (Lipinski definition) is 2. The van der Waals surface area contributed by atoms with Crippen LogP contribution in [-0.4, -0.2) is 24.4 Å². The summed E-state index contributed by atoms with van der Waals surface area (Å²) in [6, 6.07) is 19.7. The molecule has 0 aliphatic heterocycles. The molecule has 0 saturated heterocycles. The molecule has 0 bridgehead atoms. The van der Waals surface area contributed by atoms with Gasteiger partial charge < -0.3 is 10.6 Å². The number of thioether (sulfide) groups is 1. The first kappa shape index (κ1) is 20.0. The topological polar surface area (TPSA) is 58.2 Å². The minimum Gasteiger partial charge on any atom is -0.354 e. The van der Waals surface area contributed by atoms with Crippen LogP contribution < -0.4 is 10.6 Å². The summed E-state index contributed by atoms with van der Waals surface area (Å²) < 4.78 is 0. The summed E-state index contributed by atoms with van der Waals surface area (Å²) in [5.41, 5.74) is 0.947. The van der Waals surface area contributed by atoms with Crippen molar-refractivity contribution in [1.82, 2.24) is 10.6 Å². The van der Waals surface area contributed by atoms with Crippen LogP contribution in [0.2, 0.25) is 0 Å². The van der Waals surface area contributed by atoms with Crippen molar-refractivity contribution in [1.29, 1.82) is 0 Å². The van der Waals surface area contributed by atoms with Crippen LogP contribution in [0.3, 0.4) is 0 Å². The SMILES string of the molecule is CCC(C)NC(=O)CCNC(=O)C(Sc1ccccc1)c1ccccc1. The molecule has 0 aliphatic rings. The van der Waals surface area contributed by atoms with E-state index in [0.717, 1.165) is 16.9 Å². The summed E-state index contributed by atoms with van der Waals surface area (Å²) in [7, 11) is 0. The number of hydrogen-bond acceptors (Lipinski definition) is 3. The monoisotopic (exact) mass is 370 g/mol. The summed E-state index contributed by atoms with van der Waals surface area (Å²) in [4.78, 5) is 25.6. The van der Waals surface area contributed by atoms with Crippen LogP contribution in [0.15, 0.2) is 65.6 Å². The Morgan fingerprint density at radius 3 is 2.23 bits per heavy atom. The van der Waals surface area contributed by atoms with Gasteiger partial charge in [-0.15, -0.1) is 11.8 Å². The van der Waals surface area contributed by atoms with E-state index in [-0.39, 0.29) is 29.5 Å². The zero-order chi connectivity index (χ0) is 18.8. The van der Waals surface area contributed by atoms with Crippen molar-refractivity contribution in [3.05, 3.63) is 66.2 Å². The number of amides is 2. The molecule has 2 aromatic rings. The molecule has 2 N–H and O–H groups in total. The van der Waals surface area contributed by atoms with E-state index in [1.54, 1.807) is 0 Å². The lowest BCUT2D eigenvalue weighted by atomic mass is 10.1. The average molecular weight is 371 g/mol. The number of carbonyl (C=O) groups is 2. The maximum Gasteiger partial charge on any atom is 0.238 e. The molecule has 5 heteroatoms. The lowest BCUT2D eigenvalue weighted by molar-refractivity contribution is -0.122. The molecule has 0 spiro atoms. The van der Waals surface area contributed by atoms with E-state index in [0.29, 0.717) is 6.54 Å². The van der Waals surface area contributed by atoms with Gasteiger partial charge in [-0.2, -0.15) is 0 Å². The Hall–Kier alpha value is -2.27. The predicted molar refractivity (Wildman–Crippen MR) is 107 cm³/mol. The van der Waals surface area contributed by atoms with E-state index < -0.39 is 0 Å². The maximum absolute atomic E-state index is 12.7. The lowest BCUT2D eigenvalue weighted by Gasteiger charge is -2.17. The van der Waals surface area contributed by atoms with Crippen molar-refractivity contribution in [3.8, 4) is 0 Å². The zero-order valence-electron chi connectivity index (χ0n) is 15.3. The summed E-state index contributed by atoms with van der Waals surface area (Å²) in [5, 5.41) is 5.46. The van der Waals surface area contributed by atoms with Gasteiger partial charge in [0.25, 0.3) is 0 Å². The van der Waals surface area contributed by atoms with Crippen molar-refractivity contribution >= 4 is 23.6 Å². The molecule has 138 valence electrons. The number of rotatable bonds is 9. The second-order valence-corrected chi connectivity index (χ2v) is 7.32. The van der Waals surface area contributed by atoms with E-state index in [9.17, 15) is 9.59 Å². The summed E-state index contributed by atoms with van der Waals surface area (Å²) in [6.45, 7) is 4.33. The van der Waals surface area contributed by atoms with Crippen LogP contribution >= 0.6 is 11.8 Å². The first-order chi connectivity index (χ1) is 12.6. The second-order valence-electron chi connectivity index (χ2n) is 6.14. The normalized spacial score (nSPS) is 12.8. The van der Waals surface area contributed by atoms with Crippen LogP contribution in [0.1, 0.15) is 37.5 Å². The third kappa shape index (κ3) is 6.56. The Balaban J connectivity index is 1.96. The van der Waals surface area contributed by atoms with Gasteiger partial charge in [-0.25, -0.2) is 0 Å². The molecule has 0 fully saturated rings. The highest BCUT2D eigenvalue weighted by Crippen LogP contribution is 2.35. The first-order valence-electron chi connectivity index (χ1n) is 8.94. The van der Waals surface area contributed by atoms with E-state index in [1.165, 1.54) is 11.8 Å². The first-order valence-corrected chi connectivity index (χ1v) is 9.81. The van der Waals surface area contributed by atoms with Crippen molar-refractivity contribution < 1.29 is 9.59 Å². The fraction of sp³-hybridized carbons (Fsp3) is 0.333. The van der Waals surface area contributed by atoms with Gasteiger partial charge in [0.1, 0.15) is 5.25 Å². The van der Waals surface area contributed by atoms with Gasteiger partial charge in [-0.1, -0.05) is 55.5 Å². The zero-order valence-corrected chi connectivity index (χ0v) is 16.1. The van der Waals surface area contributed by atoms with Gasteiger partial charge in [0, 0.05) is 23.9 Å². The van der Waals surface area contributed by atoms with Gasteiger partial charge in [-0.05, 0) is 31.0 Å². The summed E-state index contributed by atoms with van der Waals surface area (Å²) >= 11 is 1.51. The maximum atomic E-state index is 12.7. The van der Waals surface area contributed by atoms with Crippen molar-refractivity contribution in [2.45, 2.75) is 42.9 Å². The van der Waals surface area contributed by atoms with Crippen LogP contribution in [0.5, 0.6) is 0 Å². The number of benzene rings is 2. The van der Waals surface area contributed by atoms with Crippen LogP contribution in [-0.2, 0) is 9.59 Å². The average Bonchev–Trinajstić information content (AvgIpc) is 2.67. The molecule has 26 heavy (non-hydrogen) atoms. The minimum absolute atomic E-state index is 0.0355. The molecule has 0 aliphatic carbocycles. The van der Waals surface area contributed by atoms with Gasteiger partial charge in [0.15, 0.2) is 0 Å². The van der Waals surface area contributed by atoms with E-state index in [4.69, 9.17) is 0 Å². The Labute approximate surface area is 159 Å². The molecule has 2 aromatic carbocycles. The highest BCUT2D eigenvalue weighted by Gasteiger charge is 2.21. The molecule has 0 radical (unpaired) electrons. The smallest absolute Gasteiger partial charge is 0.238 e. The van der Waals surface area contributed by atoms with Crippen LogP contribution in [0.4, 0.5) is 0 Å². The molecule has 2 rings (SSSR count). The molecule has 2 atom stereocenters. The van der Waals surface area contributed by atoms with Crippen molar-refractivity contribution in [2.75, 3.05) is 6.54 Å². The minimum atomic E-state index is -0.351. The molecule has 0 heterocycles. The van der Waals surface area contributed by atoms with E-state index >= 15 is 0 Å². The summed E-state index contributed by atoms with van der Waals surface area (Å²) in [6.07, 6.45) is 1.18. The molecule has 2 amide bonds. The lowest BCUT2D eigenvalue weighted by Crippen LogP contribution is -2.36. The fourth-order valence-electron chi connectivity index (χ4n) is 2.38. The van der Waals surface area contributed by atoms with Gasteiger partial charge in [-0.3, -0.25) is 9.59 Å². The van der Waals surface area contributed by atoms with Gasteiger partial charge in [0.05, 0.1) is 0 Å². The van der Waals surface area contributed by atoms with Crippen LogP contribution in [0, 0.1) is 0 Å². The van der Waals surface area contributed by atoms with Gasteiger partial charge >= 0.3 is 0 Å². The quantitative estimate of drug-likeness (QED) is 0.657. The van der Waals surface area contributed by atoms with E-state index in [2.05, 4.69) is 10.6 Å². The molecule has 0 saturated carbocycles. The molecule has 0 aromatic heterocycles. The largest absolute Gasteiger partial charge is 0.354 e. The number of nitrogens with one attached hydrogen (secondary N) is 2. The van der Waals surface area contributed by atoms with Crippen molar-refractivity contribution in [3.63, 3.8) is 0 Å². The molecular weight excluding hydrogens is 344 g/mol. The highest BCUT2D eigenvalue weighted by atomic mass is 32.2. The van der Waals surface area contributed by atoms with Gasteiger partial charge in [0.2, 0.25) is 11.8 Å². The third-order valence-electron chi connectivity index (χ3n) is 4.01. The van der Waals surface area contributed by atoms with Crippen LogP contribution in [0.25, 0.3) is 0 Å². The standard InChI is InChI=1S/C21H26N2O2S/c1-3-16(2)23-19(24)14-15-22-21(25)20(17-10-6-4-7-11-17)26-18-12-8-5-9-13-18/h4-13,16,20H,3,14-15H2,1-2H3,(H,22,25)(H,23,24). The molecular formula is C21H26N2O2S. The predicted octanol–water partition coefficient (Wildman–Crippen LogP) is 3.94. The Kier molecular flexibility index (Phi) is 8.22. The fourth-order valence-corrected chi connectivity index (χ4v) is 3.45. The second kappa shape index (κ2) is 10.7. The summed E-state index contributed by atoms with van der Waals surface area (Å²) in [5.74, 6) is -0.118. The van der Waals surface area contributed by atoms with E-state index in [1.807, 2.05) is 74.5 Å². The van der Waals surface area contributed by atoms with Crippen molar-refractivity contribution in [2.24, 2.45) is 0 Å². The highest BCUT2D eigenvalue weighted by molar-refractivity contribution is 8.00. The Morgan fingerprint density at radius 2 is 1.62 bits per heavy atom. The number of carbonyl (C=O) groups excluding carboxylic acids is 2. The Morgan fingerprint density at radius 1 is 1.00 bits per heavy atom. The molecule has 2 unspecified atom stereocenters. The molecule has 4 nitrogen and oxygen atoms in total. The third-order valence-corrected chi connectivity index (χ3v) is 5.27. The Bertz CT molecular complexity index is 692.